The molecule has 20 heavy (non-hydrogen) atoms. The maximum absolute atomic E-state index is 6.24. The molecule has 1 aliphatic carbocycles. The summed E-state index contributed by atoms with van der Waals surface area (Å²) >= 11 is 0. The van der Waals surface area contributed by atoms with Crippen LogP contribution in [0, 0.1) is 0 Å². The zero-order valence-electron chi connectivity index (χ0n) is 13.4. The molecule has 0 amide bonds. The van der Waals surface area contributed by atoms with E-state index < -0.39 is 0 Å². The van der Waals surface area contributed by atoms with E-state index in [-0.39, 0.29) is 5.60 Å². The minimum atomic E-state index is 0.0440. The SMILES string of the molecule is CCNCC1(OCCOCCCOC)CCCCCC1. The summed E-state index contributed by atoms with van der Waals surface area (Å²) in [6, 6.07) is 0. The Balaban J connectivity index is 2.22. The summed E-state index contributed by atoms with van der Waals surface area (Å²) < 4.78 is 16.8. The third kappa shape index (κ3) is 7.58. The van der Waals surface area contributed by atoms with Crippen molar-refractivity contribution in [1.29, 1.82) is 0 Å². The second-order valence-electron chi connectivity index (χ2n) is 5.68. The van der Waals surface area contributed by atoms with Crippen molar-refractivity contribution in [3.8, 4) is 0 Å². The number of hydrogen-bond acceptors (Lipinski definition) is 4. The number of methoxy groups -OCH3 is 1. The van der Waals surface area contributed by atoms with Gasteiger partial charge in [0.1, 0.15) is 0 Å². The Kier molecular flexibility index (Phi) is 10.3. The quantitative estimate of drug-likeness (QED) is 0.468. The van der Waals surface area contributed by atoms with Crippen LogP contribution in [0.1, 0.15) is 51.9 Å². The van der Waals surface area contributed by atoms with Crippen LogP contribution in [-0.2, 0) is 14.2 Å². The molecule has 0 aliphatic heterocycles. The van der Waals surface area contributed by atoms with E-state index in [0.29, 0.717) is 13.2 Å². The molecule has 4 heteroatoms. The van der Waals surface area contributed by atoms with Gasteiger partial charge in [0.2, 0.25) is 0 Å². The standard InChI is InChI=1S/C16H33NO3/c1-3-17-15-16(9-6-4-5-7-10-16)20-14-13-19-12-8-11-18-2/h17H,3-15H2,1-2H3. The summed E-state index contributed by atoms with van der Waals surface area (Å²) in [6.45, 7) is 7.08. The van der Waals surface area contributed by atoms with Gasteiger partial charge in [-0.3, -0.25) is 0 Å². The maximum atomic E-state index is 6.24. The van der Waals surface area contributed by atoms with Gasteiger partial charge >= 0.3 is 0 Å². The number of rotatable bonds is 11. The molecule has 0 unspecified atom stereocenters. The van der Waals surface area contributed by atoms with Crippen molar-refractivity contribution in [2.24, 2.45) is 0 Å². The van der Waals surface area contributed by atoms with Crippen LogP contribution < -0.4 is 5.32 Å². The average Bonchev–Trinajstić information content (AvgIpc) is 2.70. The van der Waals surface area contributed by atoms with Crippen LogP contribution in [0.15, 0.2) is 0 Å². The minimum Gasteiger partial charge on any atom is -0.385 e. The van der Waals surface area contributed by atoms with Crippen molar-refractivity contribution in [3.63, 3.8) is 0 Å². The first-order chi connectivity index (χ1) is 9.83. The Morgan fingerprint density at radius 3 is 2.35 bits per heavy atom. The summed E-state index contributed by atoms with van der Waals surface area (Å²) in [4.78, 5) is 0. The van der Waals surface area contributed by atoms with Gasteiger partial charge in [-0.05, 0) is 25.8 Å². The molecule has 1 N–H and O–H groups in total. The molecule has 120 valence electrons. The van der Waals surface area contributed by atoms with Gasteiger partial charge in [0.05, 0.1) is 18.8 Å². The molecule has 0 aromatic carbocycles. The average molecular weight is 287 g/mol. The largest absolute Gasteiger partial charge is 0.385 e. The van der Waals surface area contributed by atoms with Crippen molar-refractivity contribution in [3.05, 3.63) is 0 Å². The van der Waals surface area contributed by atoms with E-state index in [0.717, 1.165) is 32.7 Å². The van der Waals surface area contributed by atoms with Crippen molar-refractivity contribution in [2.45, 2.75) is 57.5 Å². The van der Waals surface area contributed by atoms with Crippen molar-refractivity contribution < 1.29 is 14.2 Å². The Bertz CT molecular complexity index is 216. The molecule has 4 nitrogen and oxygen atoms in total. The first-order valence-corrected chi connectivity index (χ1v) is 8.24. The predicted octanol–water partition coefficient (Wildman–Crippen LogP) is 2.76. The zero-order valence-corrected chi connectivity index (χ0v) is 13.4. The molecule has 0 spiro atoms. The van der Waals surface area contributed by atoms with Crippen molar-refractivity contribution >= 4 is 0 Å². The lowest BCUT2D eigenvalue weighted by molar-refractivity contribution is -0.0756. The van der Waals surface area contributed by atoms with E-state index in [2.05, 4.69) is 12.2 Å². The van der Waals surface area contributed by atoms with Gasteiger partial charge in [0.25, 0.3) is 0 Å². The third-order valence-electron chi connectivity index (χ3n) is 3.99. The predicted molar refractivity (Wildman–Crippen MR) is 82.2 cm³/mol. The highest BCUT2D eigenvalue weighted by Gasteiger charge is 2.31. The molecule has 0 saturated heterocycles. The van der Waals surface area contributed by atoms with Gasteiger partial charge in [0, 0.05) is 26.9 Å². The summed E-state index contributed by atoms with van der Waals surface area (Å²) in [5.41, 5.74) is 0.0440. The Morgan fingerprint density at radius 1 is 0.950 bits per heavy atom. The lowest BCUT2D eigenvalue weighted by Gasteiger charge is -2.33. The van der Waals surface area contributed by atoms with E-state index in [1.54, 1.807) is 7.11 Å². The highest BCUT2D eigenvalue weighted by Crippen LogP contribution is 2.30. The summed E-state index contributed by atoms with van der Waals surface area (Å²) in [6.07, 6.45) is 8.61. The van der Waals surface area contributed by atoms with E-state index in [9.17, 15) is 0 Å². The highest BCUT2D eigenvalue weighted by atomic mass is 16.5. The van der Waals surface area contributed by atoms with Crippen LogP contribution in [0.5, 0.6) is 0 Å². The fourth-order valence-corrected chi connectivity index (χ4v) is 2.82. The van der Waals surface area contributed by atoms with Crippen molar-refractivity contribution in [1.82, 2.24) is 5.32 Å². The Morgan fingerprint density at radius 2 is 1.70 bits per heavy atom. The third-order valence-corrected chi connectivity index (χ3v) is 3.99. The lowest BCUT2D eigenvalue weighted by Crippen LogP contribution is -2.43. The maximum Gasteiger partial charge on any atom is 0.0807 e. The number of ether oxygens (including phenoxy) is 3. The Hall–Kier alpha value is -0.160. The molecule has 1 fully saturated rings. The summed E-state index contributed by atoms with van der Waals surface area (Å²) in [5.74, 6) is 0. The lowest BCUT2D eigenvalue weighted by atomic mass is 9.94. The molecule has 0 aromatic heterocycles. The van der Waals surface area contributed by atoms with E-state index >= 15 is 0 Å². The second kappa shape index (κ2) is 11.5. The first kappa shape index (κ1) is 17.9. The molecule has 1 saturated carbocycles. The van der Waals surface area contributed by atoms with Crippen LogP contribution in [0.3, 0.4) is 0 Å². The molecular weight excluding hydrogens is 254 g/mol. The molecule has 0 atom stereocenters. The van der Waals surface area contributed by atoms with Gasteiger partial charge in [0.15, 0.2) is 0 Å². The molecular formula is C16H33NO3. The topological polar surface area (TPSA) is 39.7 Å². The van der Waals surface area contributed by atoms with Gasteiger partial charge in [-0.15, -0.1) is 0 Å². The van der Waals surface area contributed by atoms with Gasteiger partial charge < -0.3 is 19.5 Å². The fraction of sp³-hybridized carbons (Fsp3) is 1.00. The smallest absolute Gasteiger partial charge is 0.0807 e. The monoisotopic (exact) mass is 287 g/mol. The molecule has 1 rings (SSSR count). The van der Waals surface area contributed by atoms with E-state index in [1.807, 2.05) is 0 Å². The molecule has 0 radical (unpaired) electrons. The zero-order chi connectivity index (χ0) is 14.5. The minimum absolute atomic E-state index is 0.0440. The number of nitrogens with one attached hydrogen (secondary N) is 1. The molecule has 0 heterocycles. The molecule has 1 aliphatic rings. The van der Waals surface area contributed by atoms with Gasteiger partial charge in [-0.25, -0.2) is 0 Å². The van der Waals surface area contributed by atoms with Gasteiger partial charge in [-0.1, -0.05) is 32.6 Å². The van der Waals surface area contributed by atoms with Crippen LogP contribution in [0.25, 0.3) is 0 Å². The van der Waals surface area contributed by atoms with Crippen LogP contribution >= 0.6 is 0 Å². The van der Waals surface area contributed by atoms with Crippen LogP contribution in [0.4, 0.5) is 0 Å². The normalized spacial score (nSPS) is 18.9. The van der Waals surface area contributed by atoms with E-state index in [1.165, 1.54) is 38.5 Å². The van der Waals surface area contributed by atoms with Crippen LogP contribution in [-0.4, -0.2) is 52.2 Å². The number of likely N-dealkylation sites (N-methyl/N-ethyl adjacent to an activating group) is 1. The first-order valence-electron chi connectivity index (χ1n) is 8.24. The highest BCUT2D eigenvalue weighted by molar-refractivity contribution is 4.85. The van der Waals surface area contributed by atoms with Crippen LogP contribution in [0.2, 0.25) is 0 Å². The number of hydrogen-bond donors (Lipinski definition) is 1. The van der Waals surface area contributed by atoms with Crippen molar-refractivity contribution in [2.75, 3.05) is 46.6 Å². The Labute approximate surface area is 124 Å². The fourth-order valence-electron chi connectivity index (χ4n) is 2.82. The summed E-state index contributed by atoms with van der Waals surface area (Å²) in [7, 11) is 1.72. The second-order valence-corrected chi connectivity index (χ2v) is 5.68. The molecule has 0 bridgehead atoms. The van der Waals surface area contributed by atoms with E-state index in [4.69, 9.17) is 14.2 Å². The van der Waals surface area contributed by atoms with Gasteiger partial charge in [-0.2, -0.15) is 0 Å². The summed E-state index contributed by atoms with van der Waals surface area (Å²) in [5, 5.41) is 3.47. The molecule has 0 aromatic rings.